The molecule has 102 valence electrons. The minimum absolute atomic E-state index is 0.0391. The highest BCUT2D eigenvalue weighted by Gasteiger charge is 2.12. The molecule has 0 radical (unpaired) electrons. The van der Waals surface area contributed by atoms with Crippen molar-refractivity contribution in [2.75, 3.05) is 5.32 Å². The fourth-order valence-electron chi connectivity index (χ4n) is 2.04. The average molecular weight is 352 g/mol. The van der Waals surface area contributed by atoms with E-state index in [-0.39, 0.29) is 6.04 Å². The van der Waals surface area contributed by atoms with Crippen molar-refractivity contribution in [1.29, 1.82) is 0 Å². The SMILES string of the molecule is CC(Nc1cnc(Cl)c(Br)c1)c1cc2ccccc2o1. The molecule has 3 aromatic rings. The fourth-order valence-corrected chi connectivity index (χ4v) is 2.49. The number of nitrogens with one attached hydrogen (secondary N) is 1. The molecule has 20 heavy (non-hydrogen) atoms. The number of benzene rings is 1. The highest BCUT2D eigenvalue weighted by molar-refractivity contribution is 9.10. The zero-order chi connectivity index (χ0) is 14.1. The Balaban J connectivity index is 1.84. The summed E-state index contributed by atoms with van der Waals surface area (Å²) < 4.78 is 6.60. The highest BCUT2D eigenvalue weighted by atomic mass is 79.9. The summed E-state index contributed by atoms with van der Waals surface area (Å²) in [7, 11) is 0. The van der Waals surface area contributed by atoms with E-state index in [4.69, 9.17) is 16.0 Å². The molecule has 1 N–H and O–H groups in total. The number of hydrogen-bond acceptors (Lipinski definition) is 3. The van der Waals surface area contributed by atoms with Crippen molar-refractivity contribution in [3.05, 3.63) is 58.0 Å². The van der Waals surface area contributed by atoms with Crippen molar-refractivity contribution in [3.63, 3.8) is 0 Å². The zero-order valence-corrected chi connectivity index (χ0v) is 13.1. The van der Waals surface area contributed by atoms with Gasteiger partial charge in [0.15, 0.2) is 0 Å². The van der Waals surface area contributed by atoms with Gasteiger partial charge in [0.1, 0.15) is 16.5 Å². The van der Waals surface area contributed by atoms with Gasteiger partial charge in [0.2, 0.25) is 0 Å². The van der Waals surface area contributed by atoms with E-state index in [1.807, 2.05) is 43.3 Å². The molecular formula is C15H12BrClN2O. The second-order valence-corrected chi connectivity index (χ2v) is 5.76. The number of anilines is 1. The third kappa shape index (κ3) is 2.67. The molecule has 3 nitrogen and oxygen atoms in total. The third-order valence-electron chi connectivity index (χ3n) is 3.05. The van der Waals surface area contributed by atoms with Gasteiger partial charge in [-0.2, -0.15) is 0 Å². The van der Waals surface area contributed by atoms with Crippen LogP contribution in [0.4, 0.5) is 5.69 Å². The van der Waals surface area contributed by atoms with Crippen LogP contribution in [0.5, 0.6) is 0 Å². The normalized spacial score (nSPS) is 12.6. The maximum Gasteiger partial charge on any atom is 0.143 e. The molecule has 0 saturated carbocycles. The van der Waals surface area contributed by atoms with Gasteiger partial charge in [-0.05, 0) is 41.1 Å². The van der Waals surface area contributed by atoms with Crippen LogP contribution in [-0.4, -0.2) is 4.98 Å². The van der Waals surface area contributed by atoms with E-state index >= 15 is 0 Å². The Morgan fingerprint density at radius 2 is 2.10 bits per heavy atom. The Bertz CT molecular complexity index is 723. The third-order valence-corrected chi connectivity index (χ3v) is 4.18. The van der Waals surface area contributed by atoms with Crippen molar-refractivity contribution >= 4 is 44.2 Å². The number of para-hydroxylation sites is 1. The molecule has 0 amide bonds. The molecule has 3 rings (SSSR count). The monoisotopic (exact) mass is 350 g/mol. The molecule has 0 bridgehead atoms. The predicted molar refractivity (Wildman–Crippen MR) is 85.2 cm³/mol. The van der Waals surface area contributed by atoms with Gasteiger partial charge < -0.3 is 9.73 Å². The van der Waals surface area contributed by atoms with Crippen LogP contribution in [0.3, 0.4) is 0 Å². The van der Waals surface area contributed by atoms with Gasteiger partial charge in [0.05, 0.1) is 22.4 Å². The Labute approximate surface area is 130 Å². The summed E-state index contributed by atoms with van der Waals surface area (Å²) in [5, 5.41) is 4.90. The minimum atomic E-state index is 0.0391. The summed E-state index contributed by atoms with van der Waals surface area (Å²) in [5.41, 5.74) is 1.78. The van der Waals surface area contributed by atoms with Crippen LogP contribution in [0, 0.1) is 0 Å². The number of furan rings is 1. The molecule has 0 aliphatic carbocycles. The minimum Gasteiger partial charge on any atom is -0.459 e. The van der Waals surface area contributed by atoms with Crippen LogP contribution in [-0.2, 0) is 0 Å². The van der Waals surface area contributed by atoms with Gasteiger partial charge >= 0.3 is 0 Å². The Kier molecular flexibility index (Phi) is 3.68. The molecule has 1 unspecified atom stereocenters. The summed E-state index contributed by atoms with van der Waals surface area (Å²) >= 11 is 9.25. The topological polar surface area (TPSA) is 38.1 Å². The standard InChI is InChI=1S/C15H12BrClN2O/c1-9(19-11-7-12(16)15(17)18-8-11)14-6-10-4-2-3-5-13(10)20-14/h2-9,19H,1H3. The van der Waals surface area contributed by atoms with E-state index in [0.717, 1.165) is 26.9 Å². The number of halogens is 2. The van der Waals surface area contributed by atoms with Crippen LogP contribution in [0.25, 0.3) is 11.0 Å². The number of fused-ring (bicyclic) bond motifs is 1. The van der Waals surface area contributed by atoms with E-state index < -0.39 is 0 Å². The molecule has 0 aliphatic heterocycles. The largest absolute Gasteiger partial charge is 0.459 e. The molecule has 2 heterocycles. The second-order valence-electron chi connectivity index (χ2n) is 4.55. The molecular weight excluding hydrogens is 340 g/mol. The smallest absolute Gasteiger partial charge is 0.143 e. The summed E-state index contributed by atoms with van der Waals surface area (Å²) in [6, 6.07) is 12.0. The van der Waals surface area contributed by atoms with E-state index in [2.05, 4.69) is 26.2 Å². The second kappa shape index (κ2) is 5.46. The number of rotatable bonds is 3. The molecule has 0 fully saturated rings. The van der Waals surface area contributed by atoms with Gasteiger partial charge in [-0.25, -0.2) is 4.98 Å². The fraction of sp³-hybridized carbons (Fsp3) is 0.133. The molecule has 0 saturated heterocycles. The van der Waals surface area contributed by atoms with Crippen molar-refractivity contribution in [2.24, 2.45) is 0 Å². The maximum absolute atomic E-state index is 5.88. The van der Waals surface area contributed by atoms with Gasteiger partial charge in [0.25, 0.3) is 0 Å². The van der Waals surface area contributed by atoms with Crippen molar-refractivity contribution in [1.82, 2.24) is 4.98 Å². The first-order valence-electron chi connectivity index (χ1n) is 6.19. The van der Waals surface area contributed by atoms with Gasteiger partial charge in [-0.1, -0.05) is 29.8 Å². The predicted octanol–water partition coefficient (Wildman–Crippen LogP) is 5.42. The number of hydrogen-bond donors (Lipinski definition) is 1. The quantitative estimate of drug-likeness (QED) is 0.641. The lowest BCUT2D eigenvalue weighted by atomic mass is 10.2. The van der Waals surface area contributed by atoms with Crippen LogP contribution in [0.15, 0.2) is 51.5 Å². The van der Waals surface area contributed by atoms with Crippen molar-refractivity contribution in [3.8, 4) is 0 Å². The van der Waals surface area contributed by atoms with Crippen LogP contribution in [0.2, 0.25) is 5.15 Å². The maximum atomic E-state index is 5.88. The van der Waals surface area contributed by atoms with Crippen molar-refractivity contribution < 1.29 is 4.42 Å². The lowest BCUT2D eigenvalue weighted by Crippen LogP contribution is -2.05. The van der Waals surface area contributed by atoms with Gasteiger partial charge in [-0.3, -0.25) is 0 Å². The molecule has 0 aliphatic rings. The summed E-state index contributed by atoms with van der Waals surface area (Å²) in [5.74, 6) is 0.886. The molecule has 5 heteroatoms. The molecule has 1 atom stereocenters. The van der Waals surface area contributed by atoms with Crippen molar-refractivity contribution in [2.45, 2.75) is 13.0 Å². The Morgan fingerprint density at radius 3 is 2.85 bits per heavy atom. The van der Waals surface area contributed by atoms with E-state index in [1.165, 1.54) is 0 Å². The summed E-state index contributed by atoms with van der Waals surface area (Å²) in [6.45, 7) is 2.04. The average Bonchev–Trinajstić information content (AvgIpc) is 2.87. The molecule has 1 aromatic carbocycles. The van der Waals surface area contributed by atoms with Crippen LogP contribution in [0.1, 0.15) is 18.7 Å². The summed E-state index contributed by atoms with van der Waals surface area (Å²) in [6.07, 6.45) is 1.70. The Hall–Kier alpha value is -1.52. The number of pyridine rings is 1. The first-order chi connectivity index (χ1) is 9.63. The summed E-state index contributed by atoms with van der Waals surface area (Å²) in [4.78, 5) is 4.09. The lowest BCUT2D eigenvalue weighted by molar-refractivity contribution is 0.526. The first kappa shape index (κ1) is 13.5. The van der Waals surface area contributed by atoms with Gasteiger partial charge in [-0.15, -0.1) is 0 Å². The molecule has 0 spiro atoms. The Morgan fingerprint density at radius 1 is 1.30 bits per heavy atom. The van der Waals surface area contributed by atoms with Gasteiger partial charge in [0, 0.05) is 5.39 Å². The van der Waals surface area contributed by atoms with E-state index in [0.29, 0.717) is 5.15 Å². The highest BCUT2D eigenvalue weighted by Crippen LogP contribution is 2.28. The van der Waals surface area contributed by atoms with E-state index in [9.17, 15) is 0 Å². The molecule has 2 aromatic heterocycles. The zero-order valence-electron chi connectivity index (χ0n) is 10.7. The number of nitrogens with zero attached hydrogens (tertiary/aromatic N) is 1. The van der Waals surface area contributed by atoms with Crippen LogP contribution >= 0.6 is 27.5 Å². The lowest BCUT2D eigenvalue weighted by Gasteiger charge is -2.12. The van der Waals surface area contributed by atoms with Crippen LogP contribution < -0.4 is 5.32 Å². The number of aromatic nitrogens is 1. The first-order valence-corrected chi connectivity index (χ1v) is 7.36. The van der Waals surface area contributed by atoms with E-state index in [1.54, 1.807) is 6.20 Å².